The third kappa shape index (κ3) is 3.52. The molecule has 2 aromatic rings. The number of likely N-dealkylation sites (tertiary alicyclic amines) is 1. The Balaban J connectivity index is 1.56. The summed E-state index contributed by atoms with van der Waals surface area (Å²) in [6.45, 7) is 4.37. The quantitative estimate of drug-likeness (QED) is 0.821. The van der Waals surface area contributed by atoms with Gasteiger partial charge in [0.25, 0.3) is 0 Å². The molecule has 2 fully saturated rings. The summed E-state index contributed by atoms with van der Waals surface area (Å²) in [6, 6.07) is 16.2. The smallest absolute Gasteiger partial charge is 0.246 e. The van der Waals surface area contributed by atoms with Gasteiger partial charge in [-0.15, -0.1) is 0 Å². The highest BCUT2D eigenvalue weighted by molar-refractivity contribution is 5.98. The number of para-hydroxylation sites is 1. The first-order chi connectivity index (χ1) is 13.5. The highest BCUT2D eigenvalue weighted by Gasteiger charge is 2.50. The topological polar surface area (TPSA) is 43.9 Å². The standard InChI is InChI=1S/C22H24FN3O2/c1-17(27)26-14-21(28)25(20-5-3-2-4-6-20)16-22(26)11-12-24(15-22)13-18-7-9-19(23)10-8-18/h2-10H,11-16H2,1H3/t22-/m1/s1. The second-order valence-electron chi connectivity index (χ2n) is 7.73. The predicted octanol–water partition coefficient (Wildman–Crippen LogP) is 2.67. The minimum absolute atomic E-state index is 0.0518. The van der Waals surface area contributed by atoms with Crippen LogP contribution in [0, 0.1) is 5.82 Å². The highest BCUT2D eigenvalue weighted by atomic mass is 19.1. The lowest BCUT2D eigenvalue weighted by atomic mass is 9.91. The lowest BCUT2D eigenvalue weighted by Gasteiger charge is -2.48. The summed E-state index contributed by atoms with van der Waals surface area (Å²) in [4.78, 5) is 30.9. The molecule has 0 aliphatic carbocycles. The van der Waals surface area contributed by atoms with Gasteiger partial charge in [0.15, 0.2) is 0 Å². The first-order valence-corrected chi connectivity index (χ1v) is 9.57. The van der Waals surface area contributed by atoms with Crippen molar-refractivity contribution in [2.75, 3.05) is 31.1 Å². The SMILES string of the molecule is CC(=O)N1CC(=O)N(c2ccccc2)C[C@]12CCN(Cc1ccc(F)cc1)C2. The van der Waals surface area contributed by atoms with Crippen LogP contribution >= 0.6 is 0 Å². The number of nitrogens with zero attached hydrogens (tertiary/aromatic N) is 3. The van der Waals surface area contributed by atoms with Crippen molar-refractivity contribution < 1.29 is 14.0 Å². The van der Waals surface area contributed by atoms with E-state index in [1.165, 1.54) is 19.1 Å². The van der Waals surface area contributed by atoms with Crippen molar-refractivity contribution in [1.29, 1.82) is 0 Å². The van der Waals surface area contributed by atoms with Gasteiger partial charge in [0.2, 0.25) is 11.8 Å². The highest BCUT2D eigenvalue weighted by Crippen LogP contribution is 2.35. The molecule has 0 saturated carbocycles. The Morgan fingerprint density at radius 2 is 1.79 bits per heavy atom. The summed E-state index contributed by atoms with van der Waals surface area (Å²) < 4.78 is 13.2. The zero-order chi connectivity index (χ0) is 19.7. The fourth-order valence-electron chi connectivity index (χ4n) is 4.42. The molecular weight excluding hydrogens is 357 g/mol. The Labute approximate surface area is 164 Å². The molecule has 146 valence electrons. The van der Waals surface area contributed by atoms with Crippen LogP contribution in [0.1, 0.15) is 18.9 Å². The van der Waals surface area contributed by atoms with E-state index < -0.39 is 5.54 Å². The minimum Gasteiger partial charge on any atom is -0.325 e. The summed E-state index contributed by atoms with van der Waals surface area (Å²) in [5, 5.41) is 0. The molecule has 0 N–H and O–H groups in total. The van der Waals surface area contributed by atoms with E-state index in [-0.39, 0.29) is 24.2 Å². The molecule has 28 heavy (non-hydrogen) atoms. The number of halogens is 1. The second-order valence-corrected chi connectivity index (χ2v) is 7.73. The van der Waals surface area contributed by atoms with Gasteiger partial charge in [0, 0.05) is 32.2 Å². The second kappa shape index (κ2) is 7.36. The van der Waals surface area contributed by atoms with Crippen molar-refractivity contribution in [1.82, 2.24) is 9.80 Å². The molecule has 2 amide bonds. The molecule has 2 aliphatic rings. The number of carbonyl (C=O) groups is 2. The van der Waals surface area contributed by atoms with E-state index in [0.29, 0.717) is 19.6 Å². The van der Waals surface area contributed by atoms with Crippen LogP contribution in [0.3, 0.4) is 0 Å². The lowest BCUT2D eigenvalue weighted by molar-refractivity contribution is -0.142. The Morgan fingerprint density at radius 1 is 1.07 bits per heavy atom. The van der Waals surface area contributed by atoms with Crippen LogP contribution in [0.15, 0.2) is 54.6 Å². The maximum Gasteiger partial charge on any atom is 0.246 e. The van der Waals surface area contributed by atoms with Crippen molar-refractivity contribution >= 4 is 17.5 Å². The van der Waals surface area contributed by atoms with Gasteiger partial charge in [-0.05, 0) is 36.2 Å². The van der Waals surface area contributed by atoms with Gasteiger partial charge in [-0.1, -0.05) is 30.3 Å². The van der Waals surface area contributed by atoms with Crippen LogP contribution in [0.2, 0.25) is 0 Å². The number of carbonyl (C=O) groups excluding carboxylic acids is 2. The molecular formula is C22H24FN3O2. The first-order valence-electron chi connectivity index (χ1n) is 9.57. The Hall–Kier alpha value is -2.73. The van der Waals surface area contributed by atoms with Gasteiger partial charge in [-0.25, -0.2) is 4.39 Å². The van der Waals surface area contributed by atoms with Crippen LogP contribution in [0.25, 0.3) is 0 Å². The monoisotopic (exact) mass is 381 g/mol. The van der Waals surface area contributed by atoms with E-state index in [4.69, 9.17) is 0 Å². The average Bonchev–Trinajstić information content (AvgIpc) is 3.09. The molecule has 0 radical (unpaired) electrons. The molecule has 0 unspecified atom stereocenters. The molecule has 6 heteroatoms. The fraction of sp³-hybridized carbons (Fsp3) is 0.364. The molecule has 2 aromatic carbocycles. The number of hydrogen-bond acceptors (Lipinski definition) is 3. The van der Waals surface area contributed by atoms with E-state index in [9.17, 15) is 14.0 Å². The fourth-order valence-corrected chi connectivity index (χ4v) is 4.42. The van der Waals surface area contributed by atoms with Gasteiger partial charge < -0.3 is 9.80 Å². The maximum absolute atomic E-state index is 13.2. The van der Waals surface area contributed by atoms with Crippen molar-refractivity contribution in [2.24, 2.45) is 0 Å². The number of anilines is 1. The molecule has 0 bridgehead atoms. The number of piperazine rings is 1. The molecule has 5 nitrogen and oxygen atoms in total. The average molecular weight is 381 g/mol. The van der Waals surface area contributed by atoms with Crippen LogP contribution in [0.4, 0.5) is 10.1 Å². The van der Waals surface area contributed by atoms with Gasteiger partial charge >= 0.3 is 0 Å². The lowest BCUT2D eigenvalue weighted by Crippen LogP contribution is -2.66. The Kier molecular flexibility index (Phi) is 4.89. The van der Waals surface area contributed by atoms with Gasteiger partial charge in [0.05, 0.1) is 12.1 Å². The van der Waals surface area contributed by atoms with E-state index in [1.807, 2.05) is 30.3 Å². The Morgan fingerprint density at radius 3 is 2.46 bits per heavy atom. The number of amides is 2. The largest absolute Gasteiger partial charge is 0.325 e. The van der Waals surface area contributed by atoms with Crippen molar-refractivity contribution in [3.8, 4) is 0 Å². The molecule has 2 heterocycles. The number of rotatable bonds is 3. The van der Waals surface area contributed by atoms with Gasteiger partial charge in [-0.3, -0.25) is 14.5 Å². The van der Waals surface area contributed by atoms with Crippen molar-refractivity contribution in [3.05, 3.63) is 66.0 Å². The van der Waals surface area contributed by atoms with Gasteiger partial charge in [-0.2, -0.15) is 0 Å². The summed E-state index contributed by atoms with van der Waals surface area (Å²) in [6.07, 6.45) is 0.810. The van der Waals surface area contributed by atoms with E-state index in [2.05, 4.69) is 4.90 Å². The summed E-state index contributed by atoms with van der Waals surface area (Å²) >= 11 is 0. The minimum atomic E-state index is -0.393. The third-order valence-corrected chi connectivity index (χ3v) is 5.80. The molecule has 4 rings (SSSR count). The zero-order valence-corrected chi connectivity index (χ0v) is 16.0. The molecule has 1 atom stereocenters. The first kappa shape index (κ1) is 18.6. The summed E-state index contributed by atoms with van der Waals surface area (Å²) in [5.74, 6) is -0.359. The van der Waals surface area contributed by atoms with Crippen LogP contribution in [0.5, 0.6) is 0 Å². The Bertz CT molecular complexity index is 871. The van der Waals surface area contributed by atoms with Crippen LogP contribution in [-0.4, -0.2) is 53.3 Å². The van der Waals surface area contributed by atoms with E-state index in [1.54, 1.807) is 21.9 Å². The zero-order valence-electron chi connectivity index (χ0n) is 16.0. The molecule has 1 spiro atoms. The molecule has 0 aromatic heterocycles. The predicted molar refractivity (Wildman–Crippen MR) is 105 cm³/mol. The molecule has 2 aliphatic heterocycles. The third-order valence-electron chi connectivity index (χ3n) is 5.80. The van der Waals surface area contributed by atoms with Crippen molar-refractivity contribution in [2.45, 2.75) is 25.4 Å². The number of hydrogen-bond donors (Lipinski definition) is 0. The van der Waals surface area contributed by atoms with Crippen LogP contribution in [-0.2, 0) is 16.1 Å². The van der Waals surface area contributed by atoms with Crippen LogP contribution < -0.4 is 4.90 Å². The number of benzene rings is 2. The maximum atomic E-state index is 13.2. The van der Waals surface area contributed by atoms with E-state index in [0.717, 1.165) is 24.2 Å². The normalized spacial score (nSPS) is 22.9. The molecule has 2 saturated heterocycles. The van der Waals surface area contributed by atoms with E-state index >= 15 is 0 Å². The summed E-state index contributed by atoms with van der Waals surface area (Å²) in [5.41, 5.74) is 1.52. The van der Waals surface area contributed by atoms with Gasteiger partial charge in [0.1, 0.15) is 12.4 Å². The van der Waals surface area contributed by atoms with Crippen molar-refractivity contribution in [3.63, 3.8) is 0 Å². The summed E-state index contributed by atoms with van der Waals surface area (Å²) in [7, 11) is 0.